The molecule has 1 aliphatic rings. The third-order valence-corrected chi connectivity index (χ3v) is 4.02. The van der Waals surface area contributed by atoms with Gasteiger partial charge in [0, 0.05) is 32.6 Å². The minimum absolute atomic E-state index is 0.426. The summed E-state index contributed by atoms with van der Waals surface area (Å²) in [5.74, 6) is 0.426. The van der Waals surface area contributed by atoms with Crippen molar-refractivity contribution < 1.29 is 4.79 Å². The third kappa shape index (κ3) is 9.45. The van der Waals surface area contributed by atoms with Crippen LogP contribution in [0.1, 0.15) is 57.8 Å². The fourth-order valence-electron chi connectivity index (χ4n) is 2.72. The van der Waals surface area contributed by atoms with Crippen LogP contribution >= 0.6 is 0 Å². The number of Topliss-reactive ketones (excluding diaryl/α,β-unsaturated/α-hetero) is 1. The molecular weight excluding hydrogens is 250 g/mol. The van der Waals surface area contributed by atoms with Gasteiger partial charge in [0.15, 0.2) is 0 Å². The van der Waals surface area contributed by atoms with Crippen molar-refractivity contribution in [1.82, 2.24) is 10.2 Å². The van der Waals surface area contributed by atoms with E-state index in [9.17, 15) is 4.79 Å². The highest BCUT2D eigenvalue weighted by atomic mass is 16.1. The van der Waals surface area contributed by atoms with Crippen LogP contribution < -0.4 is 11.1 Å². The smallest absolute Gasteiger partial charge is 0.146 e. The van der Waals surface area contributed by atoms with Crippen molar-refractivity contribution in [2.75, 3.05) is 39.3 Å². The zero-order valence-corrected chi connectivity index (χ0v) is 13.0. The van der Waals surface area contributed by atoms with Gasteiger partial charge in [-0.3, -0.25) is 9.69 Å². The van der Waals surface area contributed by atoms with Gasteiger partial charge in [0.1, 0.15) is 5.78 Å². The Kier molecular flexibility index (Phi) is 10.8. The highest BCUT2D eigenvalue weighted by Gasteiger charge is 2.12. The number of hydrogen-bond acceptors (Lipinski definition) is 4. The molecular formula is C16H33N3O. The van der Waals surface area contributed by atoms with Crippen LogP contribution in [-0.2, 0) is 4.79 Å². The van der Waals surface area contributed by atoms with Crippen molar-refractivity contribution in [1.29, 1.82) is 0 Å². The Morgan fingerprint density at radius 2 is 1.45 bits per heavy atom. The maximum atomic E-state index is 11.8. The van der Waals surface area contributed by atoms with E-state index in [1.165, 1.54) is 44.9 Å². The Labute approximate surface area is 124 Å². The highest BCUT2D eigenvalue weighted by molar-refractivity contribution is 5.80. The molecule has 0 unspecified atom stereocenters. The van der Waals surface area contributed by atoms with Gasteiger partial charge in [0.2, 0.25) is 0 Å². The van der Waals surface area contributed by atoms with Crippen molar-refractivity contribution in [2.24, 2.45) is 5.73 Å². The first-order valence-electron chi connectivity index (χ1n) is 8.48. The van der Waals surface area contributed by atoms with E-state index in [1.54, 1.807) is 0 Å². The summed E-state index contributed by atoms with van der Waals surface area (Å²) in [4.78, 5) is 14.1. The number of hydrogen-bond donors (Lipinski definition) is 2. The van der Waals surface area contributed by atoms with Gasteiger partial charge in [-0.25, -0.2) is 0 Å². The zero-order chi connectivity index (χ0) is 14.5. The first-order valence-corrected chi connectivity index (χ1v) is 8.48. The second-order valence-electron chi connectivity index (χ2n) is 5.93. The lowest BCUT2D eigenvalue weighted by molar-refractivity contribution is -0.120. The number of piperazine rings is 1. The number of rotatable bonds is 12. The molecule has 4 heteroatoms. The molecule has 20 heavy (non-hydrogen) atoms. The number of ketones is 1. The summed E-state index contributed by atoms with van der Waals surface area (Å²) in [7, 11) is 0. The van der Waals surface area contributed by atoms with E-state index in [-0.39, 0.29) is 0 Å². The molecule has 1 fully saturated rings. The first-order chi connectivity index (χ1) is 9.83. The molecule has 0 spiro atoms. The van der Waals surface area contributed by atoms with E-state index < -0.39 is 0 Å². The summed E-state index contributed by atoms with van der Waals surface area (Å²) >= 11 is 0. The molecule has 1 rings (SSSR count). The minimum Gasteiger partial charge on any atom is -0.330 e. The number of unbranched alkanes of at least 4 members (excludes halogenated alkanes) is 7. The topological polar surface area (TPSA) is 58.4 Å². The van der Waals surface area contributed by atoms with Crippen LogP contribution in [0, 0.1) is 0 Å². The van der Waals surface area contributed by atoms with Crippen molar-refractivity contribution in [3.8, 4) is 0 Å². The van der Waals surface area contributed by atoms with Crippen LogP contribution in [0.5, 0.6) is 0 Å². The summed E-state index contributed by atoms with van der Waals surface area (Å²) in [5, 5.41) is 3.31. The molecule has 0 bridgehead atoms. The van der Waals surface area contributed by atoms with Crippen molar-refractivity contribution in [3.63, 3.8) is 0 Å². The Hall–Kier alpha value is -0.450. The molecule has 0 aliphatic carbocycles. The molecule has 0 aromatic carbocycles. The van der Waals surface area contributed by atoms with E-state index in [1.807, 2.05) is 0 Å². The van der Waals surface area contributed by atoms with Crippen molar-refractivity contribution >= 4 is 5.78 Å². The molecule has 0 aromatic heterocycles. The lowest BCUT2D eigenvalue weighted by atomic mass is 10.1. The molecule has 0 radical (unpaired) electrons. The van der Waals surface area contributed by atoms with E-state index in [0.717, 1.165) is 45.6 Å². The summed E-state index contributed by atoms with van der Waals surface area (Å²) in [6.45, 7) is 5.59. The van der Waals surface area contributed by atoms with Gasteiger partial charge in [-0.05, 0) is 19.4 Å². The van der Waals surface area contributed by atoms with Crippen molar-refractivity contribution in [2.45, 2.75) is 57.8 Å². The van der Waals surface area contributed by atoms with Crippen LogP contribution in [0.15, 0.2) is 0 Å². The summed E-state index contributed by atoms with van der Waals surface area (Å²) in [5.41, 5.74) is 5.47. The SMILES string of the molecule is NCCCCCCCCCCC(=O)CN1CCNCC1. The normalized spacial score (nSPS) is 16.4. The maximum Gasteiger partial charge on any atom is 0.146 e. The minimum atomic E-state index is 0.426. The average molecular weight is 283 g/mol. The van der Waals surface area contributed by atoms with E-state index in [0.29, 0.717) is 12.3 Å². The Morgan fingerprint density at radius 3 is 2.05 bits per heavy atom. The number of carbonyl (C=O) groups excluding carboxylic acids is 1. The average Bonchev–Trinajstić information content (AvgIpc) is 2.46. The van der Waals surface area contributed by atoms with Crippen LogP contribution in [0.4, 0.5) is 0 Å². The van der Waals surface area contributed by atoms with Crippen LogP contribution in [0.3, 0.4) is 0 Å². The maximum absolute atomic E-state index is 11.8. The van der Waals surface area contributed by atoms with Gasteiger partial charge in [-0.1, -0.05) is 38.5 Å². The monoisotopic (exact) mass is 283 g/mol. The van der Waals surface area contributed by atoms with E-state index in [4.69, 9.17) is 5.73 Å². The molecule has 1 heterocycles. The van der Waals surface area contributed by atoms with Crippen LogP contribution in [0.25, 0.3) is 0 Å². The molecule has 1 aliphatic heterocycles. The van der Waals surface area contributed by atoms with Gasteiger partial charge in [0.25, 0.3) is 0 Å². The molecule has 0 atom stereocenters. The molecule has 0 amide bonds. The van der Waals surface area contributed by atoms with Crippen molar-refractivity contribution in [3.05, 3.63) is 0 Å². The summed E-state index contributed by atoms with van der Waals surface area (Å²) < 4.78 is 0. The second-order valence-corrected chi connectivity index (χ2v) is 5.93. The number of carbonyl (C=O) groups is 1. The predicted molar refractivity (Wildman–Crippen MR) is 84.9 cm³/mol. The number of nitrogens with two attached hydrogens (primary N) is 1. The number of nitrogens with one attached hydrogen (secondary N) is 1. The Balaban J connectivity index is 1.84. The lowest BCUT2D eigenvalue weighted by Gasteiger charge is -2.26. The van der Waals surface area contributed by atoms with Gasteiger partial charge >= 0.3 is 0 Å². The molecule has 118 valence electrons. The second kappa shape index (κ2) is 12.3. The predicted octanol–water partition coefficient (Wildman–Crippen LogP) is 1.93. The van der Waals surface area contributed by atoms with Gasteiger partial charge in [-0.15, -0.1) is 0 Å². The molecule has 3 N–H and O–H groups in total. The molecule has 0 saturated carbocycles. The molecule has 0 aromatic rings. The standard InChI is InChI=1S/C16H33N3O/c17-10-8-6-4-2-1-3-5-7-9-16(20)15-19-13-11-18-12-14-19/h18H,1-15,17H2. The van der Waals surface area contributed by atoms with Gasteiger partial charge in [-0.2, -0.15) is 0 Å². The van der Waals surface area contributed by atoms with Gasteiger partial charge < -0.3 is 11.1 Å². The Bertz CT molecular complexity index is 240. The largest absolute Gasteiger partial charge is 0.330 e. The molecule has 1 saturated heterocycles. The fraction of sp³-hybridized carbons (Fsp3) is 0.938. The zero-order valence-electron chi connectivity index (χ0n) is 13.0. The van der Waals surface area contributed by atoms with E-state index in [2.05, 4.69) is 10.2 Å². The van der Waals surface area contributed by atoms with Crippen LogP contribution in [0.2, 0.25) is 0 Å². The molecule has 4 nitrogen and oxygen atoms in total. The summed E-state index contributed by atoms with van der Waals surface area (Å²) in [6.07, 6.45) is 10.8. The Morgan fingerprint density at radius 1 is 0.900 bits per heavy atom. The lowest BCUT2D eigenvalue weighted by Crippen LogP contribution is -2.45. The summed E-state index contributed by atoms with van der Waals surface area (Å²) in [6, 6.07) is 0. The fourth-order valence-corrected chi connectivity index (χ4v) is 2.72. The first kappa shape index (κ1) is 17.6. The quantitative estimate of drug-likeness (QED) is 0.537. The number of nitrogens with zero attached hydrogens (tertiary/aromatic N) is 1. The van der Waals surface area contributed by atoms with Crippen LogP contribution in [-0.4, -0.2) is 50.0 Å². The highest BCUT2D eigenvalue weighted by Crippen LogP contribution is 2.10. The van der Waals surface area contributed by atoms with E-state index >= 15 is 0 Å². The third-order valence-electron chi connectivity index (χ3n) is 4.02. The van der Waals surface area contributed by atoms with Gasteiger partial charge in [0.05, 0.1) is 6.54 Å².